The fourth-order valence-corrected chi connectivity index (χ4v) is 5.17. The topological polar surface area (TPSA) is 70.7 Å². The lowest BCUT2D eigenvalue weighted by molar-refractivity contribution is 0.0301. The number of rotatable bonds is 4. The second-order valence-corrected chi connectivity index (χ2v) is 9.66. The van der Waals surface area contributed by atoms with Crippen molar-refractivity contribution in [2.75, 3.05) is 39.4 Å². The van der Waals surface area contributed by atoms with Crippen LogP contribution < -0.4 is 4.74 Å². The summed E-state index contributed by atoms with van der Waals surface area (Å²) < 4.78 is 11.4. The van der Waals surface area contributed by atoms with Crippen molar-refractivity contribution in [3.8, 4) is 5.75 Å². The van der Waals surface area contributed by atoms with Gasteiger partial charge in [-0.25, -0.2) is 0 Å². The van der Waals surface area contributed by atoms with Crippen molar-refractivity contribution in [3.63, 3.8) is 0 Å². The number of H-pyrrole nitrogens is 1. The van der Waals surface area contributed by atoms with E-state index in [9.17, 15) is 4.79 Å². The Balaban J connectivity index is 1.27. The summed E-state index contributed by atoms with van der Waals surface area (Å²) in [4.78, 5) is 17.4. The summed E-state index contributed by atoms with van der Waals surface area (Å²) in [5.74, 6) is 1.40. The number of aromatic amines is 1. The van der Waals surface area contributed by atoms with Crippen LogP contribution in [0, 0.1) is 0 Å². The molecule has 2 aromatic rings. The van der Waals surface area contributed by atoms with Gasteiger partial charge >= 0.3 is 0 Å². The predicted molar refractivity (Wildman–Crippen MR) is 117 cm³/mol. The third-order valence-electron chi connectivity index (χ3n) is 6.64. The van der Waals surface area contributed by atoms with Crippen LogP contribution in [0.5, 0.6) is 5.75 Å². The van der Waals surface area contributed by atoms with E-state index in [1.165, 1.54) is 11.1 Å². The third kappa shape index (κ3) is 4.34. The Labute approximate surface area is 183 Å². The number of hydrogen-bond acceptors (Lipinski definition) is 5. The third-order valence-corrected chi connectivity index (χ3v) is 6.64. The molecular weight excluding hydrogens is 392 g/mol. The number of fused-ring (bicyclic) bond motifs is 1. The Hall–Kier alpha value is -2.38. The number of carbonyl (C=O) groups is 1. The monoisotopic (exact) mass is 424 g/mol. The molecule has 31 heavy (non-hydrogen) atoms. The number of carbonyl (C=O) groups excluding carboxylic acids is 1. The average molecular weight is 425 g/mol. The van der Waals surface area contributed by atoms with Gasteiger partial charge < -0.3 is 14.4 Å². The molecule has 3 aliphatic rings. The van der Waals surface area contributed by atoms with Gasteiger partial charge in [-0.15, -0.1) is 0 Å². The number of piperidine rings is 1. The van der Waals surface area contributed by atoms with E-state index < -0.39 is 0 Å². The molecule has 1 N–H and O–H groups in total. The number of likely N-dealkylation sites (tertiary alicyclic amines) is 1. The summed E-state index contributed by atoms with van der Waals surface area (Å²) in [6.45, 7) is 9.74. The van der Waals surface area contributed by atoms with E-state index in [0.717, 1.165) is 55.9 Å². The zero-order valence-electron chi connectivity index (χ0n) is 18.5. The summed E-state index contributed by atoms with van der Waals surface area (Å²) >= 11 is 0. The molecule has 1 atom stereocenters. The molecule has 2 fully saturated rings. The highest BCUT2D eigenvalue weighted by molar-refractivity contribution is 5.95. The summed E-state index contributed by atoms with van der Waals surface area (Å²) in [7, 11) is 0. The van der Waals surface area contributed by atoms with Gasteiger partial charge in [0.2, 0.25) is 0 Å². The zero-order valence-corrected chi connectivity index (χ0v) is 18.5. The van der Waals surface area contributed by atoms with Crippen LogP contribution in [0.1, 0.15) is 59.8 Å². The number of hydrogen-bond donors (Lipinski definition) is 1. The fourth-order valence-electron chi connectivity index (χ4n) is 5.17. The molecule has 3 aliphatic heterocycles. The molecular formula is C24H32N4O3. The normalized spacial score (nSPS) is 23.4. The van der Waals surface area contributed by atoms with E-state index in [1.54, 1.807) is 6.20 Å². The van der Waals surface area contributed by atoms with Crippen molar-refractivity contribution in [1.82, 2.24) is 20.0 Å². The molecule has 0 radical (unpaired) electrons. The molecule has 0 bridgehead atoms. The number of amides is 1. The van der Waals surface area contributed by atoms with Crippen LogP contribution in [-0.2, 0) is 17.7 Å². The molecule has 7 heteroatoms. The molecule has 1 aromatic heterocycles. The van der Waals surface area contributed by atoms with Crippen LogP contribution in [0.15, 0.2) is 24.4 Å². The van der Waals surface area contributed by atoms with Crippen molar-refractivity contribution < 1.29 is 14.3 Å². The highest BCUT2D eigenvalue weighted by Gasteiger charge is 2.31. The molecule has 5 rings (SSSR count). The number of benzene rings is 1. The molecule has 0 spiro atoms. The lowest BCUT2D eigenvalue weighted by atomic mass is 9.91. The van der Waals surface area contributed by atoms with Crippen LogP contribution in [0.4, 0.5) is 0 Å². The minimum atomic E-state index is -0.110. The molecule has 0 unspecified atom stereocenters. The number of ether oxygens (including phenoxy) is 2. The summed E-state index contributed by atoms with van der Waals surface area (Å²) in [5.41, 5.74) is 4.25. The van der Waals surface area contributed by atoms with Gasteiger partial charge in [0, 0.05) is 38.5 Å². The van der Waals surface area contributed by atoms with Gasteiger partial charge in [-0.3, -0.25) is 14.8 Å². The Morgan fingerprint density at radius 2 is 2.10 bits per heavy atom. The first-order valence-electron chi connectivity index (χ1n) is 11.4. The lowest BCUT2D eigenvalue weighted by Crippen LogP contribution is -2.41. The van der Waals surface area contributed by atoms with Crippen molar-refractivity contribution >= 4 is 5.91 Å². The van der Waals surface area contributed by atoms with Gasteiger partial charge in [0.15, 0.2) is 0 Å². The standard InChI is InChI=1S/C24H32N4O3/c1-24(2)13-19-12-17(5-6-21(19)31-24)15-27-7-3-4-18(16-27)22-20(14-25-26-22)23(29)28-8-10-30-11-9-28/h5-6,12,14,18H,3-4,7-11,13,15-16H2,1-2H3,(H,25,26)/t18-/m0/s1. The second-order valence-electron chi connectivity index (χ2n) is 9.66. The Bertz CT molecular complexity index is 948. The van der Waals surface area contributed by atoms with Gasteiger partial charge in [-0.1, -0.05) is 12.1 Å². The summed E-state index contributed by atoms with van der Waals surface area (Å²) in [5, 5.41) is 7.39. The average Bonchev–Trinajstić information content (AvgIpc) is 3.37. The van der Waals surface area contributed by atoms with Crippen molar-refractivity contribution in [2.24, 2.45) is 0 Å². The number of aromatic nitrogens is 2. The zero-order chi connectivity index (χ0) is 21.4. The minimum absolute atomic E-state index is 0.0745. The molecule has 7 nitrogen and oxygen atoms in total. The number of morpholine rings is 1. The minimum Gasteiger partial charge on any atom is -0.487 e. The molecule has 0 saturated carbocycles. The highest BCUT2D eigenvalue weighted by atomic mass is 16.5. The number of nitrogens with zero attached hydrogens (tertiary/aromatic N) is 3. The van der Waals surface area contributed by atoms with E-state index in [4.69, 9.17) is 9.47 Å². The van der Waals surface area contributed by atoms with Crippen molar-refractivity contribution in [1.29, 1.82) is 0 Å². The van der Waals surface area contributed by atoms with E-state index >= 15 is 0 Å². The first-order valence-corrected chi connectivity index (χ1v) is 11.4. The van der Waals surface area contributed by atoms with Crippen LogP contribution in [0.2, 0.25) is 0 Å². The maximum Gasteiger partial charge on any atom is 0.257 e. The molecule has 166 valence electrons. The van der Waals surface area contributed by atoms with E-state index in [1.807, 2.05) is 4.90 Å². The summed E-state index contributed by atoms with van der Waals surface area (Å²) in [6, 6.07) is 6.61. The van der Waals surface area contributed by atoms with Crippen LogP contribution in [-0.4, -0.2) is 70.9 Å². The van der Waals surface area contributed by atoms with Crippen molar-refractivity contribution in [2.45, 2.75) is 51.2 Å². The van der Waals surface area contributed by atoms with Crippen molar-refractivity contribution in [3.05, 3.63) is 46.8 Å². The Kier molecular flexibility index (Phi) is 5.48. The highest BCUT2D eigenvalue weighted by Crippen LogP contribution is 2.36. The van der Waals surface area contributed by atoms with Gasteiger partial charge in [-0.2, -0.15) is 5.10 Å². The smallest absolute Gasteiger partial charge is 0.257 e. The van der Waals surface area contributed by atoms with Gasteiger partial charge in [-0.05, 0) is 50.4 Å². The van der Waals surface area contributed by atoms with Gasteiger partial charge in [0.05, 0.1) is 30.7 Å². The van der Waals surface area contributed by atoms with E-state index in [-0.39, 0.29) is 11.5 Å². The second kappa shape index (κ2) is 8.28. The van der Waals surface area contributed by atoms with Gasteiger partial charge in [0.1, 0.15) is 11.4 Å². The van der Waals surface area contributed by atoms with Crippen LogP contribution in [0.3, 0.4) is 0 Å². The van der Waals surface area contributed by atoms with E-state index in [2.05, 4.69) is 47.1 Å². The first kappa shape index (κ1) is 20.5. The SMILES string of the molecule is CC1(C)Cc2cc(CN3CCC[C@H](c4[nH]ncc4C(=O)N4CCOCC4)C3)ccc2O1. The quantitative estimate of drug-likeness (QED) is 0.817. The summed E-state index contributed by atoms with van der Waals surface area (Å²) in [6.07, 6.45) is 4.86. The van der Waals surface area contributed by atoms with Crippen LogP contribution >= 0.6 is 0 Å². The Morgan fingerprint density at radius 3 is 2.94 bits per heavy atom. The van der Waals surface area contributed by atoms with Crippen LogP contribution in [0.25, 0.3) is 0 Å². The molecule has 1 amide bonds. The Morgan fingerprint density at radius 1 is 1.26 bits per heavy atom. The molecule has 1 aromatic carbocycles. The van der Waals surface area contributed by atoms with Gasteiger partial charge in [0.25, 0.3) is 5.91 Å². The number of nitrogens with one attached hydrogen (secondary N) is 1. The molecule has 2 saturated heterocycles. The molecule has 0 aliphatic carbocycles. The molecule has 4 heterocycles. The lowest BCUT2D eigenvalue weighted by Gasteiger charge is -2.33. The maximum atomic E-state index is 13.0. The fraction of sp³-hybridized carbons (Fsp3) is 0.583. The first-order chi connectivity index (χ1) is 15.0. The maximum absolute atomic E-state index is 13.0. The predicted octanol–water partition coefficient (Wildman–Crippen LogP) is 2.98. The largest absolute Gasteiger partial charge is 0.487 e. The van der Waals surface area contributed by atoms with E-state index in [0.29, 0.717) is 32.2 Å².